The number of carboxylic acid groups (broad SMARTS) is 1. The Labute approximate surface area is 131 Å². The number of hydrogen-bond donors (Lipinski definition) is 4. The number of nitrogen functional groups attached to an aromatic ring is 1. The maximum atomic E-state index is 11.7. The van der Waals surface area contributed by atoms with Crippen LogP contribution in [0.4, 0.5) is 5.95 Å². The second-order valence-corrected chi connectivity index (χ2v) is 5.63. The first-order valence-electron chi connectivity index (χ1n) is 7.06. The zero-order valence-corrected chi connectivity index (χ0v) is 12.9. The van der Waals surface area contributed by atoms with Crippen molar-refractivity contribution >= 4 is 23.1 Å². The molecule has 23 heavy (non-hydrogen) atoms. The number of hydrogen-bond acceptors (Lipinski definition) is 7. The second-order valence-electron chi connectivity index (χ2n) is 5.63. The maximum Gasteiger partial charge on any atom is 0.324 e. The van der Waals surface area contributed by atoms with Gasteiger partial charge >= 0.3 is 5.97 Å². The third-order valence-electron chi connectivity index (χ3n) is 3.81. The van der Waals surface area contributed by atoms with Gasteiger partial charge in [0.2, 0.25) is 5.95 Å². The summed E-state index contributed by atoms with van der Waals surface area (Å²) in [4.78, 5) is 33.2. The number of nitrogens with one attached hydrogen (secondary N) is 1. The molecule has 0 fully saturated rings. The molecule has 0 saturated heterocycles. The lowest BCUT2D eigenvalue weighted by molar-refractivity contribution is -0.146. The van der Waals surface area contributed by atoms with Crippen molar-refractivity contribution in [2.24, 2.45) is 11.7 Å². The van der Waals surface area contributed by atoms with Gasteiger partial charge in [0.05, 0.1) is 12.9 Å². The van der Waals surface area contributed by atoms with Crippen molar-refractivity contribution in [2.45, 2.75) is 32.5 Å². The molecule has 1 atom stereocenters. The second kappa shape index (κ2) is 6.34. The molecule has 0 bridgehead atoms. The number of rotatable bonds is 7. The molecule has 0 saturated carbocycles. The lowest BCUT2D eigenvalue weighted by atomic mass is 9.85. The summed E-state index contributed by atoms with van der Waals surface area (Å²) in [5.41, 5.74) is 10.1. The monoisotopic (exact) mass is 324 g/mol. The summed E-state index contributed by atoms with van der Waals surface area (Å²) in [6.45, 7) is 3.69. The molecule has 2 aromatic heterocycles. The zero-order chi connectivity index (χ0) is 17.2. The summed E-state index contributed by atoms with van der Waals surface area (Å²) in [6.07, 6.45) is 1.56. The molecule has 0 spiro atoms. The third-order valence-corrected chi connectivity index (χ3v) is 3.81. The number of anilines is 1. The molecule has 0 aliphatic rings. The number of carboxylic acids is 1. The molecular formula is C13H20N6O4. The summed E-state index contributed by atoms with van der Waals surface area (Å²) in [5, 5.41) is 9.23. The molecule has 126 valence electrons. The fourth-order valence-electron chi connectivity index (χ4n) is 2.11. The van der Waals surface area contributed by atoms with Crippen molar-refractivity contribution in [3.05, 3.63) is 16.7 Å². The van der Waals surface area contributed by atoms with E-state index in [2.05, 4.69) is 15.0 Å². The van der Waals surface area contributed by atoms with E-state index in [0.717, 1.165) is 0 Å². The van der Waals surface area contributed by atoms with E-state index in [9.17, 15) is 14.7 Å². The molecule has 10 heteroatoms. The minimum Gasteiger partial charge on any atom is -0.480 e. The van der Waals surface area contributed by atoms with Crippen LogP contribution in [0.3, 0.4) is 0 Å². The van der Waals surface area contributed by atoms with E-state index in [1.54, 1.807) is 13.8 Å². The van der Waals surface area contributed by atoms with Crippen LogP contribution in [0.15, 0.2) is 11.1 Å². The Kier molecular flexibility index (Phi) is 4.66. The molecule has 2 aromatic rings. The molecule has 10 nitrogen and oxygen atoms in total. The molecule has 1 unspecified atom stereocenters. The molecule has 0 amide bonds. The summed E-state index contributed by atoms with van der Waals surface area (Å²) < 4.78 is 6.96. The van der Waals surface area contributed by atoms with Gasteiger partial charge in [0.1, 0.15) is 12.3 Å². The SMILES string of the molecule is CC(C)C(N)(CCOCn1cnc2c(=O)[nH]c(N)nc21)C(=O)O. The van der Waals surface area contributed by atoms with Gasteiger partial charge in [0.25, 0.3) is 5.56 Å². The minimum absolute atomic E-state index is 0.0177. The van der Waals surface area contributed by atoms with Crippen LogP contribution in [0.5, 0.6) is 0 Å². The maximum absolute atomic E-state index is 11.7. The molecule has 0 aliphatic heterocycles. The van der Waals surface area contributed by atoms with Gasteiger partial charge in [-0.2, -0.15) is 4.98 Å². The van der Waals surface area contributed by atoms with E-state index in [1.165, 1.54) is 10.9 Å². The van der Waals surface area contributed by atoms with Crippen LogP contribution in [0, 0.1) is 5.92 Å². The summed E-state index contributed by atoms with van der Waals surface area (Å²) in [5.74, 6) is -1.32. The van der Waals surface area contributed by atoms with Crippen LogP contribution < -0.4 is 17.0 Å². The highest BCUT2D eigenvalue weighted by Gasteiger charge is 2.37. The fourth-order valence-corrected chi connectivity index (χ4v) is 2.11. The van der Waals surface area contributed by atoms with Crippen LogP contribution in [-0.4, -0.2) is 42.7 Å². The molecule has 2 heterocycles. The van der Waals surface area contributed by atoms with E-state index < -0.39 is 17.1 Å². The van der Waals surface area contributed by atoms with Gasteiger partial charge in [0, 0.05) is 0 Å². The quantitative estimate of drug-likeness (QED) is 0.495. The Morgan fingerprint density at radius 1 is 1.57 bits per heavy atom. The van der Waals surface area contributed by atoms with Crippen LogP contribution in [0.25, 0.3) is 11.2 Å². The van der Waals surface area contributed by atoms with Crippen molar-refractivity contribution in [1.29, 1.82) is 0 Å². The molecule has 0 radical (unpaired) electrons. The molecule has 0 aliphatic carbocycles. The average Bonchev–Trinajstić information content (AvgIpc) is 2.86. The highest BCUT2D eigenvalue weighted by Crippen LogP contribution is 2.19. The number of fused-ring (bicyclic) bond motifs is 1. The van der Waals surface area contributed by atoms with E-state index in [4.69, 9.17) is 16.2 Å². The first-order chi connectivity index (χ1) is 10.8. The standard InChI is InChI=1S/C13H20N6O4/c1-7(2)13(15,11(21)22)3-4-23-6-19-5-16-8-9(19)17-12(14)18-10(8)20/h5,7H,3-4,6,15H2,1-2H3,(H,21,22)(H3,14,17,18,20). The van der Waals surface area contributed by atoms with Crippen molar-refractivity contribution in [3.63, 3.8) is 0 Å². The molecule has 2 rings (SSSR count). The first-order valence-corrected chi connectivity index (χ1v) is 7.06. The number of aromatic amines is 1. The van der Waals surface area contributed by atoms with Gasteiger partial charge in [-0.25, -0.2) is 4.98 Å². The van der Waals surface area contributed by atoms with Crippen molar-refractivity contribution < 1.29 is 14.6 Å². The van der Waals surface area contributed by atoms with E-state index in [-0.39, 0.29) is 37.1 Å². The molecule has 0 aromatic carbocycles. The summed E-state index contributed by atoms with van der Waals surface area (Å²) in [6, 6.07) is 0. The van der Waals surface area contributed by atoms with Crippen molar-refractivity contribution in [3.8, 4) is 0 Å². The number of aromatic nitrogens is 4. The molecule has 6 N–H and O–H groups in total. The van der Waals surface area contributed by atoms with Gasteiger partial charge in [-0.1, -0.05) is 13.8 Å². The van der Waals surface area contributed by atoms with Crippen molar-refractivity contribution in [2.75, 3.05) is 12.3 Å². The lowest BCUT2D eigenvalue weighted by Crippen LogP contribution is -2.53. The number of nitrogens with zero attached hydrogens (tertiary/aromatic N) is 3. The lowest BCUT2D eigenvalue weighted by Gasteiger charge is -2.28. The Bertz CT molecular complexity index is 767. The number of H-pyrrole nitrogens is 1. The number of carbonyl (C=O) groups is 1. The summed E-state index contributed by atoms with van der Waals surface area (Å²) >= 11 is 0. The number of ether oxygens (including phenoxy) is 1. The number of nitrogens with two attached hydrogens (primary N) is 2. The van der Waals surface area contributed by atoms with Gasteiger partial charge in [-0.3, -0.25) is 19.1 Å². The Hall–Kier alpha value is -2.46. The normalized spacial score (nSPS) is 14.3. The van der Waals surface area contributed by atoms with Gasteiger partial charge < -0.3 is 21.3 Å². The Balaban J connectivity index is 2.03. The number of imidazole rings is 1. The smallest absolute Gasteiger partial charge is 0.324 e. The van der Waals surface area contributed by atoms with Crippen LogP contribution >= 0.6 is 0 Å². The highest BCUT2D eigenvalue weighted by molar-refractivity contribution is 5.78. The topological polar surface area (TPSA) is 162 Å². The Morgan fingerprint density at radius 2 is 2.26 bits per heavy atom. The van der Waals surface area contributed by atoms with Crippen LogP contribution in [0.2, 0.25) is 0 Å². The highest BCUT2D eigenvalue weighted by atomic mass is 16.5. The third kappa shape index (κ3) is 3.32. The minimum atomic E-state index is -1.35. The van der Waals surface area contributed by atoms with Crippen molar-refractivity contribution in [1.82, 2.24) is 19.5 Å². The fraction of sp³-hybridized carbons (Fsp3) is 0.538. The molecular weight excluding hydrogens is 304 g/mol. The summed E-state index contributed by atoms with van der Waals surface area (Å²) in [7, 11) is 0. The van der Waals surface area contributed by atoms with Gasteiger partial charge in [0.15, 0.2) is 11.2 Å². The first kappa shape index (κ1) is 16.9. The van der Waals surface area contributed by atoms with Gasteiger partial charge in [-0.15, -0.1) is 0 Å². The van der Waals surface area contributed by atoms with Gasteiger partial charge in [-0.05, 0) is 12.3 Å². The zero-order valence-electron chi connectivity index (χ0n) is 12.9. The largest absolute Gasteiger partial charge is 0.480 e. The van der Waals surface area contributed by atoms with Crippen LogP contribution in [0.1, 0.15) is 20.3 Å². The van der Waals surface area contributed by atoms with E-state index in [0.29, 0.717) is 5.65 Å². The average molecular weight is 324 g/mol. The predicted molar refractivity (Wildman–Crippen MR) is 82.5 cm³/mol. The van der Waals surface area contributed by atoms with E-state index in [1.807, 2.05) is 0 Å². The number of aliphatic carboxylic acids is 1. The van der Waals surface area contributed by atoms with E-state index >= 15 is 0 Å². The van der Waals surface area contributed by atoms with Crippen LogP contribution in [-0.2, 0) is 16.3 Å². The Morgan fingerprint density at radius 3 is 2.87 bits per heavy atom. The predicted octanol–water partition coefficient (Wildman–Crippen LogP) is -0.496.